The fraction of sp³-hybridized carbons (Fsp3) is 0.696. The Balaban J connectivity index is 2.67. The van der Waals surface area contributed by atoms with Crippen LogP contribution in [0.3, 0.4) is 0 Å². The smallest absolute Gasteiger partial charge is 0.245 e. The van der Waals surface area contributed by atoms with Crippen molar-refractivity contribution in [2.24, 2.45) is 40.5 Å². The summed E-state index contributed by atoms with van der Waals surface area (Å²) in [5.41, 5.74) is 29.9. The minimum Gasteiger partial charge on any atom is -0.391 e. The molecule has 13 atom stereocenters. The first kappa shape index (κ1) is 74.2. The molecule has 1 fully saturated rings. The van der Waals surface area contributed by atoms with E-state index >= 15 is 0 Å². The summed E-state index contributed by atoms with van der Waals surface area (Å²) in [4.78, 5) is 154. The summed E-state index contributed by atoms with van der Waals surface area (Å²) >= 11 is 0. The molecular formula is C56H98N16O13. The molecule has 480 valence electrons. The number of hydrogen-bond acceptors (Lipinski definition) is 18. The SMILES string of the molecule is CC[C@H](C)CCCCC(=O)N[C@@H](CCN)C(=O)N[C@H](C(=O)N[C@@H](CCN)C(=O)N[C@H]1CCNC(=O)[C@H]([C@@H](C)O)NC(=O)[C@H](CCN)NC(=O)[C@H](CCN)NC(=O)[C@H](CC(C)C)NC(=O)[C@@H](Cc2ccccc2)NC(=O)[C@H](CCN)NC1=O)[C@@H](C)O. The summed E-state index contributed by atoms with van der Waals surface area (Å²) in [7, 11) is 0. The molecule has 23 N–H and O–H groups in total. The third kappa shape index (κ3) is 26.9. The van der Waals surface area contributed by atoms with E-state index in [2.05, 4.69) is 72.3 Å². The first-order valence-corrected chi connectivity index (χ1v) is 29.5. The molecule has 85 heavy (non-hydrogen) atoms. The fourth-order valence-electron chi connectivity index (χ4n) is 9.12. The van der Waals surface area contributed by atoms with Crippen molar-refractivity contribution in [1.29, 1.82) is 0 Å². The molecule has 29 nitrogen and oxygen atoms in total. The second-order valence-electron chi connectivity index (χ2n) is 22.0. The molecule has 0 unspecified atom stereocenters. The summed E-state index contributed by atoms with van der Waals surface area (Å²) in [5.74, 6) is -9.45. The maximum absolute atomic E-state index is 14.5. The van der Waals surface area contributed by atoms with Crippen molar-refractivity contribution in [3.63, 3.8) is 0 Å². The van der Waals surface area contributed by atoms with Crippen LogP contribution in [-0.4, -0.2) is 187 Å². The number of carbonyl (C=O) groups is 11. The van der Waals surface area contributed by atoms with E-state index in [0.29, 0.717) is 17.9 Å². The minimum atomic E-state index is -1.70. The normalized spacial score (nSPS) is 22.9. The van der Waals surface area contributed by atoms with Gasteiger partial charge in [0.15, 0.2) is 0 Å². The first-order valence-electron chi connectivity index (χ1n) is 29.5. The zero-order chi connectivity index (χ0) is 63.8. The second kappa shape index (κ2) is 39.7. The molecule has 0 radical (unpaired) electrons. The van der Waals surface area contributed by atoms with Crippen LogP contribution in [0, 0.1) is 11.8 Å². The molecule has 29 heteroatoms. The van der Waals surface area contributed by atoms with E-state index < -0.39 is 151 Å². The van der Waals surface area contributed by atoms with Crippen LogP contribution in [0.1, 0.15) is 124 Å². The van der Waals surface area contributed by atoms with Crippen molar-refractivity contribution < 1.29 is 63.0 Å². The Morgan fingerprint density at radius 1 is 0.565 bits per heavy atom. The Kier molecular flexibility index (Phi) is 34.6. The van der Waals surface area contributed by atoms with Gasteiger partial charge in [0, 0.05) is 19.4 Å². The van der Waals surface area contributed by atoms with Crippen molar-refractivity contribution >= 4 is 65.0 Å². The molecule has 0 bridgehead atoms. The van der Waals surface area contributed by atoms with Gasteiger partial charge in [0.05, 0.1) is 12.2 Å². The molecule has 2 rings (SSSR count). The molecule has 0 aliphatic carbocycles. The van der Waals surface area contributed by atoms with E-state index in [0.717, 1.165) is 19.3 Å². The van der Waals surface area contributed by atoms with E-state index in [1.165, 1.54) is 13.8 Å². The maximum atomic E-state index is 14.5. The number of nitrogens with two attached hydrogens (primary N) is 5. The van der Waals surface area contributed by atoms with E-state index in [1.807, 2.05) is 0 Å². The molecule has 0 saturated carbocycles. The molecule has 1 aliphatic heterocycles. The Hall–Kier alpha value is -6.89. The Bertz CT molecular complexity index is 2320. The van der Waals surface area contributed by atoms with Gasteiger partial charge in [-0.3, -0.25) is 52.7 Å². The minimum absolute atomic E-state index is 0.0173. The topological polar surface area (TPSA) is 491 Å². The number of aliphatic hydroxyl groups is 2. The molecular weight excluding hydrogens is 1100 g/mol. The van der Waals surface area contributed by atoms with Crippen LogP contribution in [0.4, 0.5) is 0 Å². The lowest BCUT2D eigenvalue weighted by Crippen LogP contribution is -2.62. The van der Waals surface area contributed by atoms with Gasteiger partial charge in [0.25, 0.3) is 0 Å². The van der Waals surface area contributed by atoms with Crippen LogP contribution >= 0.6 is 0 Å². The fourth-order valence-corrected chi connectivity index (χ4v) is 9.12. The number of aliphatic hydroxyl groups excluding tert-OH is 2. The summed E-state index contributed by atoms with van der Waals surface area (Å²) in [6.07, 6.45) is -1.05. The van der Waals surface area contributed by atoms with Crippen LogP contribution < -0.4 is 87.2 Å². The van der Waals surface area contributed by atoms with Crippen molar-refractivity contribution in [3.05, 3.63) is 35.9 Å². The van der Waals surface area contributed by atoms with Gasteiger partial charge in [-0.25, -0.2) is 0 Å². The zero-order valence-corrected chi connectivity index (χ0v) is 50.2. The van der Waals surface area contributed by atoms with Crippen molar-refractivity contribution in [1.82, 2.24) is 58.5 Å². The summed E-state index contributed by atoms with van der Waals surface area (Å²) in [6.45, 7) is 9.00. The van der Waals surface area contributed by atoms with Gasteiger partial charge in [-0.2, -0.15) is 0 Å². The van der Waals surface area contributed by atoms with Gasteiger partial charge in [-0.05, 0) is 115 Å². The lowest BCUT2D eigenvalue weighted by molar-refractivity contribution is -0.137. The van der Waals surface area contributed by atoms with Gasteiger partial charge in [-0.1, -0.05) is 77.3 Å². The van der Waals surface area contributed by atoms with E-state index in [4.69, 9.17) is 28.7 Å². The second-order valence-corrected chi connectivity index (χ2v) is 22.0. The largest absolute Gasteiger partial charge is 0.391 e. The Morgan fingerprint density at radius 3 is 1.56 bits per heavy atom. The molecule has 11 amide bonds. The van der Waals surface area contributed by atoms with Crippen LogP contribution in [-0.2, 0) is 59.2 Å². The lowest BCUT2D eigenvalue weighted by Gasteiger charge is -2.29. The van der Waals surface area contributed by atoms with Gasteiger partial charge < -0.3 is 97.4 Å². The van der Waals surface area contributed by atoms with Gasteiger partial charge >= 0.3 is 0 Å². The monoisotopic (exact) mass is 1200 g/mol. The number of carbonyl (C=O) groups excluding carboxylic acids is 11. The maximum Gasteiger partial charge on any atom is 0.245 e. The van der Waals surface area contributed by atoms with Crippen LogP contribution in [0.2, 0.25) is 0 Å². The quantitative estimate of drug-likeness (QED) is 0.0333. The highest BCUT2D eigenvalue weighted by Gasteiger charge is 2.37. The first-order chi connectivity index (χ1) is 40.3. The Morgan fingerprint density at radius 2 is 1.06 bits per heavy atom. The third-order valence-electron chi connectivity index (χ3n) is 14.3. The standard InChI is InChI=1S/C56H98N16O13/c1-7-32(4)13-11-12-16-44(75)63-36(17-23-57)51(80)72-46(34(6)74)56(85)68-39(20-26-60)48(77)67-41-22-28-62-55(84)45(33(5)73)71-52(81)40(21-27-61)65-47(76)37(18-24-58)66-53(82)42(29-31(2)3)69-54(83)43(30-35-14-9-8-10-15-35)70-49(78)38(19-25-59)64-50(41)79/h8-10,14-15,31-34,36-43,45-46,73-74H,7,11-13,16-30,57-61H2,1-6H3,(H,62,84)(H,63,75)(H,64,79)(H,65,76)(H,66,82)(H,67,77)(H,68,85)(H,69,83)(H,70,78)(H,71,81)(H,72,80)/t32-,33+,34+,36-,37-,38-,39-,40-,41-,42-,43+,45-,46-/m0/s1. The Labute approximate surface area is 498 Å². The number of rotatable bonds is 29. The number of benzene rings is 1. The van der Waals surface area contributed by atoms with Crippen molar-refractivity contribution in [3.8, 4) is 0 Å². The predicted molar refractivity (Wildman–Crippen MR) is 316 cm³/mol. The average molecular weight is 1200 g/mol. The summed E-state index contributed by atoms with van der Waals surface area (Å²) < 4.78 is 0. The van der Waals surface area contributed by atoms with Crippen molar-refractivity contribution in [2.75, 3.05) is 39.3 Å². The molecule has 1 heterocycles. The summed E-state index contributed by atoms with van der Waals surface area (Å²) in [6, 6.07) is -6.23. The lowest BCUT2D eigenvalue weighted by atomic mass is 10.00. The van der Waals surface area contributed by atoms with Gasteiger partial charge in [-0.15, -0.1) is 0 Å². The molecule has 0 aromatic heterocycles. The number of nitrogens with one attached hydrogen (secondary N) is 11. The van der Waals surface area contributed by atoms with Gasteiger partial charge in [0.1, 0.15) is 60.4 Å². The third-order valence-corrected chi connectivity index (χ3v) is 14.3. The molecule has 1 aromatic rings. The molecule has 1 aliphatic rings. The highest BCUT2D eigenvalue weighted by molar-refractivity contribution is 5.99. The van der Waals surface area contributed by atoms with Crippen LogP contribution in [0.5, 0.6) is 0 Å². The highest BCUT2D eigenvalue weighted by atomic mass is 16.3. The molecule has 1 aromatic carbocycles. The number of amides is 11. The van der Waals surface area contributed by atoms with Gasteiger partial charge in [0.2, 0.25) is 65.0 Å². The number of unbranched alkanes of at least 4 members (excludes halogenated alkanes) is 1. The molecule has 0 spiro atoms. The highest BCUT2D eigenvalue weighted by Crippen LogP contribution is 2.14. The van der Waals surface area contributed by atoms with E-state index in [1.54, 1.807) is 44.2 Å². The predicted octanol–water partition coefficient (Wildman–Crippen LogP) is -5.24. The average Bonchev–Trinajstić information content (AvgIpc) is 3.67. The van der Waals surface area contributed by atoms with Crippen molar-refractivity contribution in [2.45, 2.75) is 198 Å². The van der Waals surface area contributed by atoms with Crippen LogP contribution in [0.25, 0.3) is 0 Å². The molecule has 1 saturated heterocycles. The van der Waals surface area contributed by atoms with E-state index in [9.17, 15) is 63.0 Å². The summed E-state index contributed by atoms with van der Waals surface area (Å²) in [5, 5.41) is 49.7. The van der Waals surface area contributed by atoms with E-state index in [-0.39, 0.29) is 90.0 Å². The number of hydrogen-bond donors (Lipinski definition) is 18. The van der Waals surface area contributed by atoms with Crippen LogP contribution in [0.15, 0.2) is 30.3 Å². The zero-order valence-electron chi connectivity index (χ0n) is 50.2.